The lowest BCUT2D eigenvalue weighted by molar-refractivity contribution is -0.355. The Labute approximate surface area is 99.9 Å². The summed E-state index contributed by atoms with van der Waals surface area (Å²) in [5.74, 6) is 0.443. The van der Waals surface area contributed by atoms with Crippen LogP contribution in [0.15, 0.2) is 24.3 Å². The summed E-state index contributed by atoms with van der Waals surface area (Å²) in [5.41, 5.74) is 9.89. The topological polar surface area (TPSA) is 40.2 Å². The molecule has 1 heterocycles. The number of nitrogen functional groups attached to an aromatic ring is 1. The minimum absolute atomic E-state index is 0. The maximum absolute atomic E-state index is 6.03. The molecule has 80 valence electrons. The van der Waals surface area contributed by atoms with E-state index in [0.29, 0.717) is 5.88 Å². The SMILES string of the molecule is Cc1[nH+]c2ccccc2c(N)c1CCl.[Cl-]. The van der Waals surface area contributed by atoms with Crippen molar-refractivity contribution >= 4 is 28.2 Å². The molecule has 1 aromatic heterocycles. The molecule has 2 rings (SSSR count). The lowest BCUT2D eigenvalue weighted by Crippen LogP contribution is -3.00. The van der Waals surface area contributed by atoms with Gasteiger partial charge in [0, 0.05) is 13.0 Å². The van der Waals surface area contributed by atoms with Crippen LogP contribution in [-0.4, -0.2) is 0 Å². The summed E-state index contributed by atoms with van der Waals surface area (Å²) in [7, 11) is 0. The normalized spacial score (nSPS) is 10.0. The second-order valence-electron chi connectivity index (χ2n) is 3.32. The largest absolute Gasteiger partial charge is 1.00 e. The van der Waals surface area contributed by atoms with E-state index < -0.39 is 0 Å². The van der Waals surface area contributed by atoms with Crippen molar-refractivity contribution in [1.29, 1.82) is 0 Å². The lowest BCUT2D eigenvalue weighted by atomic mass is 10.1. The number of alkyl halides is 1. The van der Waals surface area contributed by atoms with Crippen molar-refractivity contribution in [3.63, 3.8) is 0 Å². The molecular formula is C11H12Cl2N2. The first kappa shape index (κ1) is 12.1. The molecule has 0 amide bonds. The Morgan fingerprint density at radius 2 is 2.00 bits per heavy atom. The lowest BCUT2D eigenvalue weighted by Gasteiger charge is -2.04. The summed E-state index contributed by atoms with van der Waals surface area (Å²) in [4.78, 5) is 3.29. The van der Waals surface area contributed by atoms with E-state index in [9.17, 15) is 0 Å². The quantitative estimate of drug-likeness (QED) is 0.660. The molecule has 2 aromatic rings. The summed E-state index contributed by atoms with van der Waals surface area (Å²) < 4.78 is 0. The smallest absolute Gasteiger partial charge is 0.213 e. The van der Waals surface area contributed by atoms with Crippen molar-refractivity contribution in [2.75, 3.05) is 5.73 Å². The number of aromatic nitrogens is 1. The summed E-state index contributed by atoms with van der Waals surface area (Å²) in [6, 6.07) is 7.96. The second kappa shape index (κ2) is 4.69. The molecule has 0 unspecified atom stereocenters. The highest BCUT2D eigenvalue weighted by atomic mass is 35.5. The number of rotatable bonds is 1. The van der Waals surface area contributed by atoms with Gasteiger partial charge in [0.25, 0.3) is 0 Å². The fourth-order valence-electron chi connectivity index (χ4n) is 1.64. The maximum atomic E-state index is 6.03. The van der Waals surface area contributed by atoms with Crippen LogP contribution in [0.3, 0.4) is 0 Å². The minimum Gasteiger partial charge on any atom is -1.00 e. The number of hydrogen-bond donors (Lipinski definition) is 1. The number of fused-ring (bicyclic) bond motifs is 1. The summed E-state index contributed by atoms with van der Waals surface area (Å²) in [5, 5.41) is 1.04. The molecule has 0 aliphatic heterocycles. The van der Waals surface area contributed by atoms with Crippen molar-refractivity contribution in [1.82, 2.24) is 0 Å². The first-order valence-electron chi connectivity index (χ1n) is 4.49. The van der Waals surface area contributed by atoms with Crippen LogP contribution in [0, 0.1) is 6.92 Å². The van der Waals surface area contributed by atoms with Gasteiger partial charge in [-0.3, -0.25) is 0 Å². The first-order valence-corrected chi connectivity index (χ1v) is 5.02. The number of aryl methyl sites for hydroxylation is 1. The number of anilines is 1. The van der Waals surface area contributed by atoms with Gasteiger partial charge in [0.05, 0.1) is 22.5 Å². The van der Waals surface area contributed by atoms with Gasteiger partial charge in [0.2, 0.25) is 5.52 Å². The predicted molar refractivity (Wildman–Crippen MR) is 59.2 cm³/mol. The Morgan fingerprint density at radius 1 is 1.33 bits per heavy atom. The van der Waals surface area contributed by atoms with Crippen molar-refractivity contribution < 1.29 is 17.4 Å². The van der Waals surface area contributed by atoms with Crippen LogP contribution in [0.2, 0.25) is 0 Å². The molecule has 3 N–H and O–H groups in total. The monoisotopic (exact) mass is 242 g/mol. The van der Waals surface area contributed by atoms with E-state index in [4.69, 9.17) is 17.3 Å². The number of para-hydroxylation sites is 1. The van der Waals surface area contributed by atoms with Gasteiger partial charge in [-0.1, -0.05) is 12.1 Å². The second-order valence-corrected chi connectivity index (χ2v) is 3.59. The number of benzene rings is 1. The van der Waals surface area contributed by atoms with Gasteiger partial charge in [0.15, 0.2) is 5.69 Å². The molecule has 4 heteroatoms. The average molecular weight is 243 g/mol. The predicted octanol–water partition coefficient (Wildman–Crippen LogP) is -0.713. The fraction of sp³-hybridized carbons (Fsp3) is 0.182. The maximum Gasteiger partial charge on any atom is 0.213 e. The van der Waals surface area contributed by atoms with E-state index in [0.717, 1.165) is 27.8 Å². The van der Waals surface area contributed by atoms with Crippen LogP contribution in [0.25, 0.3) is 10.9 Å². The molecule has 15 heavy (non-hydrogen) atoms. The van der Waals surface area contributed by atoms with Crippen LogP contribution in [0.1, 0.15) is 11.3 Å². The van der Waals surface area contributed by atoms with Crippen LogP contribution < -0.4 is 23.1 Å². The molecule has 2 nitrogen and oxygen atoms in total. The number of hydrogen-bond acceptors (Lipinski definition) is 1. The average Bonchev–Trinajstić information content (AvgIpc) is 2.18. The van der Waals surface area contributed by atoms with Crippen molar-refractivity contribution in [3.8, 4) is 0 Å². The van der Waals surface area contributed by atoms with Gasteiger partial charge < -0.3 is 18.1 Å². The zero-order chi connectivity index (χ0) is 10.1. The van der Waals surface area contributed by atoms with Gasteiger partial charge >= 0.3 is 0 Å². The highest BCUT2D eigenvalue weighted by Crippen LogP contribution is 2.24. The Hall–Kier alpha value is -0.990. The zero-order valence-corrected chi connectivity index (χ0v) is 9.86. The van der Waals surface area contributed by atoms with E-state index in [-0.39, 0.29) is 12.4 Å². The molecule has 1 aromatic carbocycles. The highest BCUT2D eigenvalue weighted by Gasteiger charge is 2.13. The van der Waals surface area contributed by atoms with Crippen molar-refractivity contribution in [2.45, 2.75) is 12.8 Å². The van der Waals surface area contributed by atoms with E-state index in [1.54, 1.807) is 0 Å². The van der Waals surface area contributed by atoms with Crippen molar-refractivity contribution in [3.05, 3.63) is 35.5 Å². The molecule has 0 aliphatic rings. The molecule has 0 aliphatic carbocycles. The standard InChI is InChI=1S/C11H11ClN2.ClH/c1-7-9(6-12)11(13)8-4-2-3-5-10(8)14-7;/h2-5H,6H2,1H3,(H2,13,14);1H. The minimum atomic E-state index is 0. The Balaban J connectivity index is 0.00000112. The highest BCUT2D eigenvalue weighted by molar-refractivity contribution is 6.17. The molecule has 0 fully saturated rings. The Morgan fingerprint density at radius 3 is 2.67 bits per heavy atom. The zero-order valence-electron chi connectivity index (χ0n) is 8.35. The summed E-state index contributed by atoms with van der Waals surface area (Å²) in [6.45, 7) is 1.99. The molecule has 0 atom stereocenters. The van der Waals surface area contributed by atoms with Crippen LogP contribution >= 0.6 is 11.6 Å². The number of pyridine rings is 1. The number of nitrogens with one attached hydrogen (secondary N) is 1. The number of aromatic amines is 1. The molecule has 0 saturated heterocycles. The summed E-state index contributed by atoms with van der Waals surface area (Å²) in [6.07, 6.45) is 0. The van der Waals surface area contributed by atoms with Gasteiger partial charge in [-0.25, -0.2) is 4.98 Å². The fourth-order valence-corrected chi connectivity index (χ4v) is 1.99. The Kier molecular flexibility index (Phi) is 3.77. The van der Waals surface area contributed by atoms with Gasteiger partial charge in [-0.05, 0) is 6.07 Å². The van der Waals surface area contributed by atoms with E-state index in [2.05, 4.69) is 4.98 Å². The van der Waals surface area contributed by atoms with Gasteiger partial charge in [0.1, 0.15) is 0 Å². The van der Waals surface area contributed by atoms with Gasteiger partial charge in [-0.15, -0.1) is 11.6 Å². The van der Waals surface area contributed by atoms with Crippen molar-refractivity contribution in [2.24, 2.45) is 0 Å². The third-order valence-corrected chi connectivity index (χ3v) is 2.72. The molecule has 0 spiro atoms. The van der Waals surface area contributed by atoms with Crippen LogP contribution in [-0.2, 0) is 5.88 Å². The number of nitrogens with two attached hydrogens (primary N) is 1. The van der Waals surface area contributed by atoms with E-state index in [1.807, 2.05) is 31.2 Å². The number of halogens is 2. The molecule has 0 saturated carbocycles. The van der Waals surface area contributed by atoms with E-state index in [1.165, 1.54) is 0 Å². The van der Waals surface area contributed by atoms with E-state index >= 15 is 0 Å². The van der Waals surface area contributed by atoms with Gasteiger partial charge in [-0.2, -0.15) is 0 Å². The Bertz CT molecular complexity index is 483. The third-order valence-electron chi connectivity index (χ3n) is 2.45. The van der Waals surface area contributed by atoms with Crippen LogP contribution in [0.5, 0.6) is 0 Å². The first-order chi connectivity index (χ1) is 6.74. The molecule has 0 radical (unpaired) electrons. The third kappa shape index (κ3) is 2.01. The number of H-pyrrole nitrogens is 1. The molecule has 0 bridgehead atoms. The molecular weight excluding hydrogens is 231 g/mol. The van der Waals surface area contributed by atoms with Crippen LogP contribution in [0.4, 0.5) is 5.69 Å². The summed E-state index contributed by atoms with van der Waals surface area (Å²) >= 11 is 5.84.